The summed E-state index contributed by atoms with van der Waals surface area (Å²) in [6.07, 6.45) is 5.82. The minimum atomic E-state index is -2.49. The number of aliphatic hydroxyl groups excluding tert-OH is 2. The van der Waals surface area contributed by atoms with Crippen molar-refractivity contribution >= 4 is 29.2 Å². The quantitative estimate of drug-likeness (QED) is 0.163. The van der Waals surface area contributed by atoms with E-state index < -0.39 is 108 Å². The third kappa shape index (κ3) is 14.3. The summed E-state index contributed by atoms with van der Waals surface area (Å²) in [6, 6.07) is -1.31. The first-order chi connectivity index (χ1) is 30.7. The van der Waals surface area contributed by atoms with Crippen LogP contribution in [0.3, 0.4) is 0 Å². The number of Topliss-reactive ketones (excluding diaryl/α,β-unsaturated/α-hetero) is 3. The molecular weight excluding hydrogens is 842 g/mol. The van der Waals surface area contributed by atoms with Gasteiger partial charge in [-0.2, -0.15) is 0 Å². The summed E-state index contributed by atoms with van der Waals surface area (Å²) in [7, 11) is 4.36. The average Bonchev–Trinajstić information content (AvgIpc) is 3.28. The second-order valence-corrected chi connectivity index (χ2v) is 19.1. The first-order valence-electron chi connectivity index (χ1n) is 23.6. The number of aliphatic hydroxyl groups is 3. The molecule has 0 spiro atoms. The maximum Gasteiger partial charge on any atom is 0.329 e. The van der Waals surface area contributed by atoms with Gasteiger partial charge in [0, 0.05) is 58.5 Å². The summed E-state index contributed by atoms with van der Waals surface area (Å²) >= 11 is 0. The molecule has 2 saturated heterocycles. The van der Waals surface area contributed by atoms with E-state index in [0.717, 1.165) is 10.5 Å². The molecule has 65 heavy (non-hydrogen) atoms. The Morgan fingerprint density at radius 2 is 1.58 bits per heavy atom. The lowest BCUT2D eigenvalue weighted by molar-refractivity contribution is -0.265. The molecule has 3 fully saturated rings. The lowest BCUT2D eigenvalue weighted by Crippen LogP contribution is -2.61. The van der Waals surface area contributed by atoms with E-state index in [1.807, 2.05) is 44.2 Å². The van der Waals surface area contributed by atoms with Crippen molar-refractivity contribution in [1.82, 2.24) is 4.90 Å². The van der Waals surface area contributed by atoms with Crippen LogP contribution in [0, 0.1) is 29.6 Å². The highest BCUT2D eigenvalue weighted by molar-refractivity contribution is 6.39. The van der Waals surface area contributed by atoms with Crippen LogP contribution in [0.2, 0.25) is 0 Å². The maximum atomic E-state index is 16.7. The number of carbonyl (C=O) groups is 5. The van der Waals surface area contributed by atoms with Crippen molar-refractivity contribution in [2.24, 2.45) is 29.6 Å². The van der Waals surface area contributed by atoms with Crippen molar-refractivity contribution in [3.63, 3.8) is 0 Å². The van der Waals surface area contributed by atoms with Gasteiger partial charge in [0.2, 0.25) is 5.79 Å². The molecule has 15 heteroatoms. The number of piperidine rings is 1. The van der Waals surface area contributed by atoms with Gasteiger partial charge in [0.15, 0.2) is 5.78 Å². The van der Waals surface area contributed by atoms with E-state index >= 15 is 4.39 Å². The first kappa shape index (κ1) is 54.2. The van der Waals surface area contributed by atoms with Gasteiger partial charge in [-0.3, -0.25) is 19.2 Å². The normalized spacial score (nSPS) is 39.1. The molecule has 3 heterocycles. The number of cyclic esters (lactones) is 1. The van der Waals surface area contributed by atoms with Crippen molar-refractivity contribution in [3.8, 4) is 0 Å². The molecule has 366 valence electrons. The average molecular weight is 918 g/mol. The predicted octanol–water partition coefficient (Wildman–Crippen LogP) is 5.88. The molecular formula is C50H76FNO13. The second-order valence-electron chi connectivity index (χ2n) is 19.1. The van der Waals surface area contributed by atoms with Gasteiger partial charge in [0.25, 0.3) is 11.7 Å². The van der Waals surface area contributed by atoms with Crippen LogP contribution < -0.4 is 0 Å². The Balaban J connectivity index is 1.70. The van der Waals surface area contributed by atoms with Crippen molar-refractivity contribution in [3.05, 3.63) is 47.6 Å². The minimum Gasteiger partial charge on any atom is -0.457 e. The molecule has 1 aliphatic carbocycles. The molecule has 14 nitrogen and oxygen atoms in total. The van der Waals surface area contributed by atoms with Gasteiger partial charge in [-0.1, -0.05) is 64.2 Å². The number of hydrogen-bond donors (Lipinski definition) is 3. The Morgan fingerprint density at radius 1 is 0.862 bits per heavy atom. The summed E-state index contributed by atoms with van der Waals surface area (Å²) in [4.78, 5) is 71.1. The van der Waals surface area contributed by atoms with E-state index in [1.54, 1.807) is 34.8 Å². The lowest BCUT2D eigenvalue weighted by Gasteiger charge is -2.42. The number of rotatable bonds is 6. The van der Waals surface area contributed by atoms with Crippen LogP contribution in [-0.2, 0) is 47.7 Å². The van der Waals surface area contributed by atoms with E-state index in [1.165, 1.54) is 20.3 Å². The van der Waals surface area contributed by atoms with E-state index in [9.17, 15) is 39.3 Å². The van der Waals surface area contributed by atoms with Crippen LogP contribution in [0.5, 0.6) is 0 Å². The summed E-state index contributed by atoms with van der Waals surface area (Å²) < 4.78 is 45.4. The fraction of sp³-hybridized carbons (Fsp3) is 0.740. The number of hydrogen-bond acceptors (Lipinski definition) is 13. The highest BCUT2D eigenvalue weighted by Gasteiger charge is 2.53. The Morgan fingerprint density at radius 3 is 2.26 bits per heavy atom. The van der Waals surface area contributed by atoms with Crippen molar-refractivity contribution < 1.29 is 67.4 Å². The fourth-order valence-electron chi connectivity index (χ4n) is 9.79. The third-order valence-corrected chi connectivity index (χ3v) is 14.1. The van der Waals surface area contributed by atoms with Gasteiger partial charge in [0.1, 0.15) is 36.3 Å². The first-order valence-corrected chi connectivity index (χ1v) is 23.6. The van der Waals surface area contributed by atoms with Crippen LogP contribution in [0.1, 0.15) is 119 Å². The van der Waals surface area contributed by atoms with E-state index in [4.69, 9.17) is 23.7 Å². The third-order valence-electron chi connectivity index (χ3n) is 14.1. The zero-order valence-electron chi connectivity index (χ0n) is 40.0. The number of halogens is 1. The monoisotopic (exact) mass is 918 g/mol. The molecule has 0 aromatic rings. The predicted molar refractivity (Wildman–Crippen MR) is 241 cm³/mol. The van der Waals surface area contributed by atoms with Crippen LogP contribution >= 0.6 is 0 Å². The maximum absolute atomic E-state index is 16.7. The van der Waals surface area contributed by atoms with Gasteiger partial charge in [-0.25, -0.2) is 9.18 Å². The highest BCUT2D eigenvalue weighted by Crippen LogP contribution is 2.37. The molecule has 0 radical (unpaired) electrons. The zero-order chi connectivity index (χ0) is 48.2. The standard InChI is InChI=1S/C50H76FNO13/c1-29-15-11-10-12-16-30(2)41(61-7)27-36-20-18-34(6)50(60,65-36)47(57)48(58)52-22-14-13-17-38(52)49(59)64-42(37(51)25-35-19-21-39(53)43(26-35)62-8)28-40(54)31(3)24-33(5)45(56)46(63-9)44(55)32(4)23-29/h10-12,15-16,24,29,31-32,34-39,41-43,45-46,53,56,60H,13-14,17-23,25-28H2,1-9H3/b12-10?,15-11+,30-16?,33-24+/t29-,31-,32-,34-,35+,36+,37-,38+,39-,41+,42+,43-,45-,46+,50-/m1/s1. The number of esters is 1. The van der Waals surface area contributed by atoms with Crippen LogP contribution in [0.25, 0.3) is 0 Å². The molecule has 1 saturated carbocycles. The van der Waals surface area contributed by atoms with Crippen molar-refractivity contribution in [1.29, 1.82) is 0 Å². The molecule has 0 aromatic carbocycles. The lowest BCUT2D eigenvalue weighted by atomic mass is 9.81. The Hall–Kier alpha value is -3.44. The zero-order valence-corrected chi connectivity index (χ0v) is 40.0. The number of methoxy groups -OCH3 is 3. The number of carbonyl (C=O) groups excluding carboxylic acids is 5. The summed E-state index contributed by atoms with van der Waals surface area (Å²) in [5, 5.41) is 33.6. The van der Waals surface area contributed by atoms with Gasteiger partial charge < -0.3 is 43.9 Å². The number of nitrogens with zero attached hydrogens (tertiary/aromatic N) is 1. The van der Waals surface area contributed by atoms with Gasteiger partial charge >= 0.3 is 5.97 Å². The largest absolute Gasteiger partial charge is 0.457 e. The summed E-state index contributed by atoms with van der Waals surface area (Å²) in [6.45, 7) is 10.4. The number of fused-ring (bicyclic) bond motifs is 3. The number of allylic oxidation sites excluding steroid dienone is 6. The highest BCUT2D eigenvalue weighted by atomic mass is 19.1. The Bertz CT molecular complexity index is 1760. The van der Waals surface area contributed by atoms with Crippen LogP contribution in [0.15, 0.2) is 47.6 Å². The smallest absolute Gasteiger partial charge is 0.329 e. The summed E-state index contributed by atoms with van der Waals surface area (Å²) in [5.74, 6) is -9.04. The second kappa shape index (κ2) is 25.1. The van der Waals surface area contributed by atoms with Gasteiger partial charge in [-0.15, -0.1) is 0 Å². The SMILES string of the molecule is CO[C@H]1C[C@@H]2CC[C@@H](C)[C@@](O)(O2)C(=O)C(=O)N2CCCC[C@H]2C(=O)O[C@H]([C@H](F)C[C@@H]2CC[C@@H](O)[C@H](OC)C2)CC(=O)[C@H](C)/C=C(\C)[C@@H](O)[C@@H](OC)C(=O)[C@H](C)C[C@H](C)/C=C/C=CC=C1C. The summed E-state index contributed by atoms with van der Waals surface area (Å²) in [5.41, 5.74) is 1.15. The van der Waals surface area contributed by atoms with Crippen molar-refractivity contribution in [2.75, 3.05) is 27.9 Å². The Kier molecular flexibility index (Phi) is 20.9. The van der Waals surface area contributed by atoms with Gasteiger partial charge in [0.05, 0.1) is 24.4 Å². The van der Waals surface area contributed by atoms with Crippen LogP contribution in [-0.4, -0.2) is 138 Å². The number of alkyl halides is 1. The van der Waals surface area contributed by atoms with Crippen LogP contribution in [0.4, 0.5) is 4.39 Å². The molecule has 1 amide bonds. The molecule has 2 bridgehead atoms. The minimum absolute atomic E-state index is 0.00573. The molecule has 3 N–H and O–H groups in total. The fourth-order valence-corrected chi connectivity index (χ4v) is 9.79. The number of ketones is 3. The molecule has 15 atom stereocenters. The molecule has 0 unspecified atom stereocenters. The molecule has 4 rings (SSSR count). The topological polar surface area (TPSA) is 195 Å². The molecule has 0 aromatic heterocycles. The Labute approximate surface area is 385 Å². The van der Waals surface area contributed by atoms with Gasteiger partial charge in [-0.05, 0) is 101 Å². The van der Waals surface area contributed by atoms with Crippen molar-refractivity contribution in [2.45, 2.75) is 179 Å². The molecule has 4 aliphatic rings. The molecule has 3 aliphatic heterocycles. The van der Waals surface area contributed by atoms with E-state index in [-0.39, 0.29) is 43.4 Å². The number of ether oxygens (including phenoxy) is 5. The van der Waals surface area contributed by atoms with E-state index in [2.05, 4.69) is 0 Å². The number of amides is 1. The van der Waals surface area contributed by atoms with E-state index in [0.29, 0.717) is 56.9 Å².